The molecule has 22 heteroatoms. The zero-order valence-electron chi connectivity index (χ0n) is 46.7. The van der Waals surface area contributed by atoms with Gasteiger partial charge < -0.3 is 40.1 Å². The first-order valence-electron chi connectivity index (χ1n) is 28.0. The van der Waals surface area contributed by atoms with E-state index in [0.29, 0.717) is 103 Å². The van der Waals surface area contributed by atoms with Crippen molar-refractivity contribution in [2.45, 2.75) is 116 Å². The van der Waals surface area contributed by atoms with Crippen molar-refractivity contribution in [1.82, 2.24) is 39.5 Å². The van der Waals surface area contributed by atoms with Crippen LogP contribution in [0.15, 0.2) is 83.1 Å². The summed E-state index contributed by atoms with van der Waals surface area (Å²) < 4.78 is 5.31. The first-order chi connectivity index (χ1) is 39.3. The van der Waals surface area contributed by atoms with Crippen molar-refractivity contribution < 1.29 is 48.2 Å². The van der Waals surface area contributed by atoms with Gasteiger partial charge in [-0.05, 0) is 119 Å². The van der Waals surface area contributed by atoms with E-state index in [9.17, 15) is 38.4 Å². The van der Waals surface area contributed by atoms with Crippen molar-refractivity contribution in [3.8, 4) is 0 Å². The average Bonchev–Trinajstić information content (AvgIpc) is 3.24. The lowest BCUT2D eigenvalue weighted by molar-refractivity contribution is -0.156. The molecule has 3 N–H and O–H groups in total. The molecule has 4 aromatic rings. The molecule has 10 heterocycles. The minimum Gasteiger partial charge on any atom is -0.481 e. The number of amides is 6. The maximum absolute atomic E-state index is 13.2. The largest absolute Gasteiger partial charge is 0.481 e. The Morgan fingerprint density at radius 1 is 0.622 bits per heavy atom. The molecule has 82 heavy (non-hydrogen) atoms. The van der Waals surface area contributed by atoms with E-state index in [1.54, 1.807) is 89.9 Å². The first-order valence-corrected chi connectivity index (χ1v) is 29.7. The van der Waals surface area contributed by atoms with E-state index < -0.39 is 22.4 Å². The summed E-state index contributed by atoms with van der Waals surface area (Å²) in [5, 5.41) is 20.9. The minimum atomic E-state index is -0.997. The van der Waals surface area contributed by atoms with E-state index in [1.807, 2.05) is 45.1 Å². The maximum atomic E-state index is 13.2. The van der Waals surface area contributed by atoms with E-state index in [1.165, 1.54) is 11.1 Å². The van der Waals surface area contributed by atoms with Crippen LogP contribution in [0.2, 0.25) is 0 Å². The van der Waals surface area contributed by atoms with Gasteiger partial charge in [-0.2, -0.15) is 0 Å². The number of anilines is 2. The van der Waals surface area contributed by atoms with Gasteiger partial charge in [0.2, 0.25) is 35.4 Å². The summed E-state index contributed by atoms with van der Waals surface area (Å²) in [4.78, 5) is 124. The van der Waals surface area contributed by atoms with E-state index in [0.717, 1.165) is 58.0 Å². The van der Waals surface area contributed by atoms with Gasteiger partial charge in [-0.15, -0.1) is 22.7 Å². The van der Waals surface area contributed by atoms with Gasteiger partial charge in [0, 0.05) is 126 Å². The first kappa shape index (κ1) is 58.9. The van der Waals surface area contributed by atoms with Gasteiger partial charge in [0.15, 0.2) is 0 Å². The highest BCUT2D eigenvalue weighted by Crippen LogP contribution is 2.43. The van der Waals surface area contributed by atoms with Crippen molar-refractivity contribution in [1.29, 1.82) is 0 Å². The predicted molar refractivity (Wildman–Crippen MR) is 310 cm³/mol. The minimum absolute atomic E-state index is 0.0306. The molecule has 0 atom stereocenters. The van der Waals surface area contributed by atoms with Gasteiger partial charge in [-0.1, -0.05) is 23.3 Å². The molecule has 432 valence electrons. The molecule has 6 aliphatic heterocycles. The van der Waals surface area contributed by atoms with Crippen LogP contribution < -0.4 is 10.6 Å². The number of aliphatic carboxylic acids is 1. The van der Waals surface area contributed by atoms with Crippen LogP contribution in [-0.2, 0) is 68.8 Å². The number of carboxylic acids is 1. The van der Waals surface area contributed by atoms with E-state index in [2.05, 4.69) is 42.7 Å². The second kappa shape index (κ2) is 26.0. The van der Waals surface area contributed by atoms with Crippen LogP contribution in [0.4, 0.5) is 11.6 Å². The fraction of sp³-hybridized carbons (Fsp3) is 0.467. The van der Waals surface area contributed by atoms with Gasteiger partial charge in [0.1, 0.15) is 17.2 Å². The maximum Gasteiger partial charge on any atom is 0.306 e. The SMILES string of the molecule is CC(C)(C)OC(=O)CCC(=O)N1CCC2(CC1)Cc1cc(/C=C/C(=O)N3CC=C(Cc4nccs4)CC3)cnc1NC2=O.O=C(O)CCC(=O)N1CCC2(CC1)Cc1cc(/C=C/C(=O)N3CC=C(Cc4nccs4)CC3)cnc1NC2=O. The molecule has 2 fully saturated rings. The molecule has 0 bridgehead atoms. The molecule has 10 rings (SSSR count). The summed E-state index contributed by atoms with van der Waals surface area (Å²) >= 11 is 3.29. The molecular weight excluding hydrogens is 1080 g/mol. The fourth-order valence-electron chi connectivity index (χ4n) is 11.2. The monoisotopic (exact) mass is 1150 g/mol. The van der Waals surface area contributed by atoms with Crippen molar-refractivity contribution in [2.75, 3.05) is 63.0 Å². The molecule has 2 saturated heterocycles. The van der Waals surface area contributed by atoms with Crippen LogP contribution in [0, 0.1) is 10.8 Å². The summed E-state index contributed by atoms with van der Waals surface area (Å²) in [6, 6.07) is 3.94. The number of thiazole rings is 2. The van der Waals surface area contributed by atoms with Crippen molar-refractivity contribution in [3.05, 3.63) is 115 Å². The number of nitrogens with one attached hydrogen (secondary N) is 2. The third kappa shape index (κ3) is 15.2. The molecular formula is C60H70N10O10S2. The van der Waals surface area contributed by atoms with Crippen LogP contribution in [0.25, 0.3) is 12.2 Å². The van der Waals surface area contributed by atoms with E-state index in [-0.39, 0.29) is 67.1 Å². The molecule has 6 aliphatic rings. The number of aromatic nitrogens is 4. The summed E-state index contributed by atoms with van der Waals surface area (Å²) in [6.45, 7) is 9.65. The van der Waals surface area contributed by atoms with Crippen LogP contribution >= 0.6 is 22.7 Å². The molecule has 0 unspecified atom stereocenters. The number of pyridine rings is 2. The molecule has 0 aliphatic carbocycles. The lowest BCUT2D eigenvalue weighted by Gasteiger charge is -2.43. The van der Waals surface area contributed by atoms with Gasteiger partial charge in [-0.25, -0.2) is 19.9 Å². The molecule has 20 nitrogen and oxygen atoms in total. The zero-order valence-corrected chi connectivity index (χ0v) is 48.3. The van der Waals surface area contributed by atoms with Crippen molar-refractivity contribution in [2.24, 2.45) is 10.8 Å². The summed E-state index contributed by atoms with van der Waals surface area (Å²) in [6.07, 6.45) is 24.2. The molecule has 0 radical (unpaired) electrons. The van der Waals surface area contributed by atoms with Crippen LogP contribution in [0.3, 0.4) is 0 Å². The lowest BCUT2D eigenvalue weighted by atomic mass is 9.71. The van der Waals surface area contributed by atoms with Gasteiger partial charge >= 0.3 is 11.9 Å². The zero-order chi connectivity index (χ0) is 58.0. The van der Waals surface area contributed by atoms with Crippen LogP contribution in [-0.4, -0.2) is 150 Å². The fourth-order valence-corrected chi connectivity index (χ4v) is 12.5. The summed E-state index contributed by atoms with van der Waals surface area (Å²) in [5.74, 6) is -0.863. The number of carbonyl (C=O) groups is 8. The highest BCUT2D eigenvalue weighted by atomic mass is 32.1. The number of likely N-dealkylation sites (tertiary alicyclic amines) is 2. The number of hydrogen-bond acceptors (Lipinski definition) is 15. The average molecular weight is 1160 g/mol. The number of piperidine rings is 2. The number of esters is 1. The van der Waals surface area contributed by atoms with Crippen molar-refractivity contribution >= 4 is 93.8 Å². The number of rotatable bonds is 14. The smallest absolute Gasteiger partial charge is 0.306 e. The van der Waals surface area contributed by atoms with Gasteiger partial charge in [0.25, 0.3) is 0 Å². The van der Waals surface area contributed by atoms with Crippen LogP contribution in [0.5, 0.6) is 0 Å². The topological polar surface area (TPSA) is 255 Å². The predicted octanol–water partition coefficient (Wildman–Crippen LogP) is 7.10. The quantitative estimate of drug-likeness (QED) is 0.0647. The normalized spacial score (nSPS) is 18.4. The third-order valence-corrected chi connectivity index (χ3v) is 17.5. The standard InChI is InChI=1S/C32H39N5O5S.C28H31N5O5S/c1-31(2,3)42-28(40)7-6-27(39)37-15-10-32(11-16-37)20-24-18-23(21-34-29(24)35-30(32)41)4-5-26(38)36-13-8-22(9-14-36)19-25-33-12-17-43-25;34-23(32-10-5-19(6-11-32)16-22-29-9-14-39-22)2-1-20-15-21-17-28(27(38)31-26(21)30-18-20)7-12-33(13-8-28)24(35)3-4-25(36)37/h4-5,8,12,17-18,21H,6-7,9-11,13-16,19-20H2,1-3H3,(H,34,35,41);1-2,5,9,14-15,18H,3-4,6-8,10-13,16-17H2,(H,36,37)(H,30,31,38)/b5-4+;2-1+. The number of nitrogens with zero attached hydrogens (tertiary/aromatic N) is 8. The van der Waals surface area contributed by atoms with E-state index >= 15 is 0 Å². The number of ether oxygens (including phenoxy) is 1. The Balaban J connectivity index is 0.000000198. The Morgan fingerprint density at radius 2 is 1.06 bits per heavy atom. The summed E-state index contributed by atoms with van der Waals surface area (Å²) in [5.41, 5.74) is 4.20. The Morgan fingerprint density at radius 3 is 1.44 bits per heavy atom. The van der Waals surface area contributed by atoms with Gasteiger partial charge in [0.05, 0.1) is 33.7 Å². The molecule has 0 aromatic carbocycles. The Hall–Kier alpha value is -7.72. The Kier molecular flexibility index (Phi) is 18.7. The molecule has 0 saturated carbocycles. The second-order valence-corrected chi connectivity index (χ2v) is 24.7. The third-order valence-electron chi connectivity index (χ3n) is 15.9. The summed E-state index contributed by atoms with van der Waals surface area (Å²) in [7, 11) is 0. The van der Waals surface area contributed by atoms with Gasteiger partial charge in [-0.3, -0.25) is 38.4 Å². The van der Waals surface area contributed by atoms with Crippen LogP contribution in [0.1, 0.15) is 117 Å². The Labute approximate surface area is 484 Å². The lowest BCUT2D eigenvalue weighted by Crippen LogP contribution is -2.51. The highest BCUT2D eigenvalue weighted by molar-refractivity contribution is 7.09. The molecule has 2 spiro atoms. The molecule has 6 amide bonds. The number of fused-ring (bicyclic) bond motifs is 2. The second-order valence-electron chi connectivity index (χ2n) is 22.8. The Bertz CT molecular complexity index is 3180. The highest BCUT2D eigenvalue weighted by Gasteiger charge is 2.47. The van der Waals surface area contributed by atoms with E-state index in [4.69, 9.17) is 9.84 Å². The van der Waals surface area contributed by atoms with Crippen molar-refractivity contribution in [3.63, 3.8) is 0 Å². The number of hydrogen-bond donors (Lipinski definition) is 3. The molecule has 4 aromatic heterocycles. The number of carbonyl (C=O) groups excluding carboxylic acids is 7. The number of carboxylic acid groups (broad SMARTS) is 1.